The van der Waals surface area contributed by atoms with Gasteiger partial charge in [-0.3, -0.25) is 4.79 Å². The summed E-state index contributed by atoms with van der Waals surface area (Å²) >= 11 is 3.43. The SMILES string of the molecule is COc1ccc(C(=O)CCCCCN2CC[CH]CC2)cc1Br. The van der Waals surface area contributed by atoms with E-state index in [-0.39, 0.29) is 5.78 Å². The van der Waals surface area contributed by atoms with Gasteiger partial charge in [-0.15, -0.1) is 0 Å². The van der Waals surface area contributed by atoms with Gasteiger partial charge in [-0.05, 0) is 85.9 Å². The monoisotopic (exact) mass is 366 g/mol. The van der Waals surface area contributed by atoms with Crippen LogP contribution in [0.25, 0.3) is 0 Å². The summed E-state index contributed by atoms with van der Waals surface area (Å²) in [6, 6.07) is 5.53. The minimum atomic E-state index is 0.218. The molecule has 1 aromatic carbocycles. The summed E-state index contributed by atoms with van der Waals surface area (Å²) < 4.78 is 6.02. The number of hydrogen-bond donors (Lipinski definition) is 0. The molecule has 3 nitrogen and oxygen atoms in total. The Balaban J connectivity index is 1.66. The van der Waals surface area contributed by atoms with E-state index in [2.05, 4.69) is 27.3 Å². The van der Waals surface area contributed by atoms with Crippen molar-refractivity contribution in [2.24, 2.45) is 0 Å². The Morgan fingerprint density at radius 2 is 2.00 bits per heavy atom. The second kappa shape index (κ2) is 9.31. The number of piperidine rings is 1. The molecule has 0 unspecified atom stereocenters. The second-order valence-electron chi connectivity index (χ2n) is 5.79. The molecule has 0 spiro atoms. The molecule has 4 heteroatoms. The van der Waals surface area contributed by atoms with Crippen molar-refractivity contribution in [2.75, 3.05) is 26.7 Å². The predicted molar refractivity (Wildman–Crippen MR) is 93.5 cm³/mol. The molecule has 1 fully saturated rings. The Labute approximate surface area is 142 Å². The molecule has 121 valence electrons. The first-order chi connectivity index (χ1) is 10.7. The maximum Gasteiger partial charge on any atom is 0.162 e. The number of hydrogen-bond acceptors (Lipinski definition) is 3. The maximum atomic E-state index is 12.2. The van der Waals surface area contributed by atoms with Gasteiger partial charge in [0.1, 0.15) is 5.75 Å². The standard InChI is InChI=1S/C18H25BrNO2/c1-22-18-10-9-15(14-16(18)19)17(21)8-4-2-5-11-20-12-6-3-7-13-20/h3,9-10,14H,2,4-8,11-13H2,1H3. The van der Waals surface area contributed by atoms with Crippen LogP contribution in [0.2, 0.25) is 0 Å². The van der Waals surface area contributed by atoms with E-state index in [0.29, 0.717) is 6.42 Å². The molecule has 0 bridgehead atoms. The van der Waals surface area contributed by atoms with Gasteiger partial charge in [0.25, 0.3) is 0 Å². The average molecular weight is 367 g/mol. The topological polar surface area (TPSA) is 29.5 Å². The minimum absolute atomic E-state index is 0.218. The number of halogens is 1. The highest BCUT2D eigenvalue weighted by Gasteiger charge is 2.11. The molecule has 1 aromatic rings. The van der Waals surface area contributed by atoms with Crippen molar-refractivity contribution in [1.82, 2.24) is 4.90 Å². The highest BCUT2D eigenvalue weighted by molar-refractivity contribution is 9.10. The molecule has 0 saturated carbocycles. The van der Waals surface area contributed by atoms with Crippen molar-refractivity contribution in [3.63, 3.8) is 0 Å². The molecule has 2 rings (SSSR count). The van der Waals surface area contributed by atoms with Crippen LogP contribution in [-0.4, -0.2) is 37.4 Å². The van der Waals surface area contributed by atoms with E-state index >= 15 is 0 Å². The predicted octanol–water partition coefficient (Wildman–Crippen LogP) is 4.50. The third kappa shape index (κ3) is 5.40. The van der Waals surface area contributed by atoms with Crippen LogP contribution in [0.15, 0.2) is 22.7 Å². The van der Waals surface area contributed by atoms with Gasteiger partial charge in [0, 0.05) is 12.0 Å². The number of Topliss-reactive ketones (excluding diaryl/α,β-unsaturated/α-hetero) is 1. The van der Waals surface area contributed by atoms with Crippen molar-refractivity contribution >= 4 is 21.7 Å². The van der Waals surface area contributed by atoms with Gasteiger partial charge < -0.3 is 9.64 Å². The van der Waals surface area contributed by atoms with Crippen LogP contribution in [0.1, 0.15) is 48.9 Å². The highest BCUT2D eigenvalue weighted by Crippen LogP contribution is 2.26. The van der Waals surface area contributed by atoms with Crippen molar-refractivity contribution < 1.29 is 9.53 Å². The third-order valence-electron chi connectivity index (χ3n) is 4.15. The van der Waals surface area contributed by atoms with Crippen molar-refractivity contribution in [3.8, 4) is 5.75 Å². The number of likely N-dealkylation sites (tertiary alicyclic amines) is 1. The normalized spacial score (nSPS) is 15.7. The Bertz CT molecular complexity index is 484. The number of ketones is 1. The number of rotatable bonds is 8. The quantitative estimate of drug-likeness (QED) is 0.501. The van der Waals surface area contributed by atoms with E-state index in [4.69, 9.17) is 4.74 Å². The first-order valence-electron chi connectivity index (χ1n) is 8.11. The number of benzene rings is 1. The van der Waals surface area contributed by atoms with Crippen molar-refractivity contribution in [2.45, 2.75) is 38.5 Å². The van der Waals surface area contributed by atoms with Crippen LogP contribution in [0.4, 0.5) is 0 Å². The molecule has 0 N–H and O–H groups in total. The fourth-order valence-electron chi connectivity index (χ4n) is 2.81. The summed E-state index contributed by atoms with van der Waals surface area (Å²) in [5.41, 5.74) is 0.763. The van der Waals surface area contributed by atoms with Crippen molar-refractivity contribution in [3.05, 3.63) is 34.7 Å². The van der Waals surface area contributed by atoms with Crippen LogP contribution in [-0.2, 0) is 0 Å². The lowest BCUT2D eigenvalue weighted by Crippen LogP contribution is -2.30. The van der Waals surface area contributed by atoms with E-state index in [1.165, 1.54) is 38.9 Å². The summed E-state index contributed by atoms with van der Waals surface area (Å²) in [6.07, 6.45) is 8.76. The number of carbonyl (C=O) groups excluding carboxylic acids is 1. The van der Waals surface area contributed by atoms with E-state index < -0.39 is 0 Å². The Morgan fingerprint density at radius 3 is 2.68 bits per heavy atom. The highest BCUT2D eigenvalue weighted by atomic mass is 79.9. The van der Waals surface area contributed by atoms with Crippen LogP contribution in [0.5, 0.6) is 5.75 Å². The van der Waals surface area contributed by atoms with Crippen LogP contribution in [0.3, 0.4) is 0 Å². The number of carbonyl (C=O) groups is 1. The molecule has 1 heterocycles. The molecule has 0 atom stereocenters. The van der Waals surface area contributed by atoms with Crippen LogP contribution in [0, 0.1) is 6.42 Å². The molecule has 1 aliphatic heterocycles. The average Bonchev–Trinajstić information content (AvgIpc) is 2.55. The summed E-state index contributed by atoms with van der Waals surface area (Å²) in [5, 5.41) is 0. The lowest BCUT2D eigenvalue weighted by atomic mass is 10.0. The molecule has 1 aliphatic rings. The Morgan fingerprint density at radius 1 is 1.23 bits per heavy atom. The molecule has 22 heavy (non-hydrogen) atoms. The molecule has 0 aromatic heterocycles. The summed E-state index contributed by atoms with van der Waals surface area (Å²) in [6.45, 7) is 3.59. The van der Waals surface area contributed by atoms with Crippen molar-refractivity contribution in [1.29, 1.82) is 0 Å². The third-order valence-corrected chi connectivity index (χ3v) is 4.77. The number of methoxy groups -OCH3 is 1. The molecule has 1 radical (unpaired) electrons. The molecular formula is C18H25BrNO2. The smallest absolute Gasteiger partial charge is 0.162 e. The van der Waals surface area contributed by atoms with E-state index in [1.54, 1.807) is 7.11 Å². The lowest BCUT2D eigenvalue weighted by Gasteiger charge is -2.26. The fraction of sp³-hybridized carbons (Fsp3) is 0.556. The second-order valence-corrected chi connectivity index (χ2v) is 6.65. The molecule has 0 amide bonds. The van der Waals surface area contributed by atoms with Gasteiger partial charge in [0.05, 0.1) is 11.6 Å². The first-order valence-corrected chi connectivity index (χ1v) is 8.91. The van der Waals surface area contributed by atoms with Gasteiger partial charge in [-0.25, -0.2) is 0 Å². The summed E-state index contributed by atoms with van der Waals surface area (Å²) in [7, 11) is 1.63. The molecular weight excluding hydrogens is 342 g/mol. The lowest BCUT2D eigenvalue weighted by molar-refractivity contribution is 0.0978. The van der Waals surface area contributed by atoms with Crippen LogP contribution >= 0.6 is 15.9 Å². The van der Waals surface area contributed by atoms with E-state index in [0.717, 1.165) is 28.6 Å². The largest absolute Gasteiger partial charge is 0.496 e. The maximum absolute atomic E-state index is 12.2. The number of nitrogens with zero attached hydrogens (tertiary/aromatic N) is 1. The summed E-state index contributed by atoms with van der Waals surface area (Å²) in [5.74, 6) is 0.978. The summed E-state index contributed by atoms with van der Waals surface area (Å²) in [4.78, 5) is 14.7. The zero-order chi connectivity index (χ0) is 15.8. The van der Waals surface area contributed by atoms with Crippen LogP contribution < -0.4 is 4.74 Å². The number of ether oxygens (including phenoxy) is 1. The van der Waals surface area contributed by atoms with Gasteiger partial charge in [-0.1, -0.05) is 6.42 Å². The Hall–Kier alpha value is -0.870. The van der Waals surface area contributed by atoms with E-state index in [9.17, 15) is 4.79 Å². The van der Waals surface area contributed by atoms with Gasteiger partial charge in [0.15, 0.2) is 5.78 Å². The zero-order valence-corrected chi connectivity index (χ0v) is 14.9. The molecule has 1 saturated heterocycles. The van der Waals surface area contributed by atoms with Gasteiger partial charge >= 0.3 is 0 Å². The first kappa shape index (κ1) is 17.5. The van der Waals surface area contributed by atoms with Gasteiger partial charge in [0.2, 0.25) is 0 Å². The number of unbranched alkanes of at least 4 members (excludes halogenated alkanes) is 2. The molecule has 0 aliphatic carbocycles. The fourth-order valence-corrected chi connectivity index (χ4v) is 3.35. The Kier molecular flexibility index (Phi) is 7.40. The zero-order valence-electron chi connectivity index (χ0n) is 13.3. The minimum Gasteiger partial charge on any atom is -0.496 e. The van der Waals surface area contributed by atoms with Gasteiger partial charge in [-0.2, -0.15) is 0 Å². The van der Waals surface area contributed by atoms with E-state index in [1.807, 2.05) is 18.2 Å².